The number of nitrogens with one attached hydrogen (secondary N) is 1. The molecule has 2 aliphatic rings. The largest absolute Gasteiger partial charge is 0.385 e. The molecule has 0 aromatic carbocycles. The molecule has 0 radical (unpaired) electrons. The molecule has 1 atom stereocenters. The molecule has 0 aromatic rings. The first-order valence-corrected chi connectivity index (χ1v) is 11.5. The van der Waals surface area contributed by atoms with Crippen LogP contribution >= 0.6 is 0 Å². The van der Waals surface area contributed by atoms with Gasteiger partial charge in [-0.1, -0.05) is 20.3 Å². The number of rotatable bonds is 10. The van der Waals surface area contributed by atoms with Crippen LogP contribution in [0.15, 0.2) is 4.99 Å². The summed E-state index contributed by atoms with van der Waals surface area (Å²) in [5.74, 6) is 1.82. The molecule has 2 saturated heterocycles. The Hall–Kier alpha value is -0.850. The average Bonchev–Trinajstić information content (AvgIpc) is 2.70. The van der Waals surface area contributed by atoms with Gasteiger partial charge >= 0.3 is 0 Å². The number of hydrogen-bond acceptors (Lipinski definition) is 4. The van der Waals surface area contributed by atoms with Crippen molar-refractivity contribution in [1.82, 2.24) is 15.1 Å². The number of likely N-dealkylation sites (tertiary alicyclic amines) is 2. The fourth-order valence-electron chi connectivity index (χ4n) is 4.28. The number of ether oxygens (including phenoxy) is 2. The maximum atomic E-state index is 6.01. The Labute approximate surface area is 173 Å². The Balaban J connectivity index is 1.83. The lowest BCUT2D eigenvalue weighted by molar-refractivity contribution is 0.00987. The van der Waals surface area contributed by atoms with E-state index in [0.29, 0.717) is 12.1 Å². The highest BCUT2D eigenvalue weighted by atomic mass is 16.5. The summed E-state index contributed by atoms with van der Waals surface area (Å²) in [5, 5.41) is 3.52. The van der Waals surface area contributed by atoms with Crippen molar-refractivity contribution >= 4 is 5.96 Å². The Morgan fingerprint density at radius 3 is 2.57 bits per heavy atom. The van der Waals surface area contributed by atoms with E-state index >= 15 is 0 Å². The fraction of sp³-hybridized carbons (Fsp3) is 0.955. The Bertz CT molecular complexity index is 436. The Morgan fingerprint density at radius 2 is 1.89 bits per heavy atom. The lowest BCUT2D eigenvalue weighted by Gasteiger charge is -2.37. The summed E-state index contributed by atoms with van der Waals surface area (Å²) in [4.78, 5) is 10.2. The number of hydrogen-bond donors (Lipinski definition) is 1. The maximum absolute atomic E-state index is 6.01. The summed E-state index contributed by atoms with van der Waals surface area (Å²) >= 11 is 0. The van der Waals surface area contributed by atoms with Gasteiger partial charge in [0.05, 0.1) is 12.6 Å². The third-order valence-electron chi connectivity index (χ3n) is 5.72. The van der Waals surface area contributed by atoms with E-state index in [2.05, 4.69) is 35.9 Å². The fourth-order valence-corrected chi connectivity index (χ4v) is 4.28. The molecule has 0 amide bonds. The van der Waals surface area contributed by atoms with Crippen LogP contribution in [0, 0.1) is 5.92 Å². The van der Waals surface area contributed by atoms with E-state index in [1.165, 1.54) is 32.4 Å². The first-order valence-electron chi connectivity index (χ1n) is 11.5. The highest BCUT2D eigenvalue weighted by Gasteiger charge is 2.25. The molecular formula is C22H44N4O2. The quantitative estimate of drug-likeness (QED) is 0.349. The van der Waals surface area contributed by atoms with Crippen molar-refractivity contribution in [2.24, 2.45) is 10.9 Å². The van der Waals surface area contributed by atoms with Gasteiger partial charge in [-0.25, -0.2) is 0 Å². The number of nitrogens with zero attached hydrogens (tertiary/aromatic N) is 3. The standard InChI is InChI=1S/C22H44N4O2/c1-5-23-22(24-17-20-9-6-7-12-26(20)18-19(2)3)25-13-10-21(11-14-25)28-16-8-15-27-4/h19-21H,5-18H2,1-4H3,(H,23,24). The second-order valence-electron chi connectivity index (χ2n) is 8.64. The van der Waals surface area contributed by atoms with Crippen molar-refractivity contribution in [2.75, 3.05) is 59.6 Å². The van der Waals surface area contributed by atoms with Crippen LogP contribution in [0.1, 0.15) is 59.3 Å². The minimum atomic E-state index is 0.385. The summed E-state index contributed by atoms with van der Waals surface area (Å²) in [5.41, 5.74) is 0. The van der Waals surface area contributed by atoms with Gasteiger partial charge in [0.15, 0.2) is 5.96 Å². The molecule has 2 fully saturated rings. The summed E-state index contributed by atoms with van der Waals surface area (Å²) in [6.07, 6.45) is 7.50. The van der Waals surface area contributed by atoms with E-state index < -0.39 is 0 Å². The lowest BCUT2D eigenvalue weighted by atomic mass is 10.0. The summed E-state index contributed by atoms with van der Waals surface area (Å²) in [6.45, 7) is 14.7. The van der Waals surface area contributed by atoms with Gasteiger partial charge in [0.1, 0.15) is 0 Å². The van der Waals surface area contributed by atoms with Crippen molar-refractivity contribution in [3.8, 4) is 0 Å². The van der Waals surface area contributed by atoms with Gasteiger partial charge in [-0.15, -0.1) is 0 Å². The van der Waals surface area contributed by atoms with Gasteiger partial charge in [0.2, 0.25) is 0 Å². The van der Waals surface area contributed by atoms with Crippen LogP contribution in [0.5, 0.6) is 0 Å². The zero-order valence-electron chi connectivity index (χ0n) is 18.8. The van der Waals surface area contributed by atoms with Crippen molar-refractivity contribution in [1.29, 1.82) is 0 Å². The first-order chi connectivity index (χ1) is 13.6. The van der Waals surface area contributed by atoms with Crippen LogP contribution < -0.4 is 5.32 Å². The molecule has 28 heavy (non-hydrogen) atoms. The van der Waals surface area contributed by atoms with Crippen molar-refractivity contribution in [2.45, 2.75) is 71.4 Å². The van der Waals surface area contributed by atoms with Crippen molar-refractivity contribution in [3.63, 3.8) is 0 Å². The van der Waals surface area contributed by atoms with E-state index in [4.69, 9.17) is 14.5 Å². The normalized spacial score (nSPS) is 22.8. The molecule has 2 heterocycles. The number of guanidine groups is 1. The Kier molecular flexibility index (Phi) is 11.2. The second-order valence-corrected chi connectivity index (χ2v) is 8.64. The van der Waals surface area contributed by atoms with E-state index in [9.17, 15) is 0 Å². The van der Waals surface area contributed by atoms with E-state index in [1.54, 1.807) is 7.11 Å². The lowest BCUT2D eigenvalue weighted by Crippen LogP contribution is -2.48. The van der Waals surface area contributed by atoms with Gasteiger partial charge in [-0.2, -0.15) is 0 Å². The predicted octanol–water partition coefficient (Wildman–Crippen LogP) is 2.98. The average molecular weight is 397 g/mol. The summed E-state index contributed by atoms with van der Waals surface area (Å²) in [7, 11) is 1.75. The first kappa shape index (κ1) is 23.4. The third-order valence-corrected chi connectivity index (χ3v) is 5.72. The molecule has 0 spiro atoms. The summed E-state index contributed by atoms with van der Waals surface area (Å²) < 4.78 is 11.1. The SMILES string of the molecule is CCNC(=NCC1CCCCN1CC(C)C)N1CCC(OCCCOC)CC1. The van der Waals surface area contributed by atoms with E-state index in [-0.39, 0.29) is 0 Å². The molecule has 164 valence electrons. The molecule has 1 unspecified atom stereocenters. The second kappa shape index (κ2) is 13.4. The van der Waals surface area contributed by atoms with Crippen LogP contribution in [-0.2, 0) is 9.47 Å². The van der Waals surface area contributed by atoms with Gasteiger partial charge in [0.25, 0.3) is 0 Å². The third kappa shape index (κ3) is 8.26. The molecule has 0 bridgehead atoms. The van der Waals surface area contributed by atoms with Crippen LogP contribution in [0.2, 0.25) is 0 Å². The topological polar surface area (TPSA) is 49.3 Å². The summed E-state index contributed by atoms with van der Waals surface area (Å²) in [6, 6.07) is 0.603. The van der Waals surface area contributed by atoms with Gasteiger partial charge in [0, 0.05) is 52.5 Å². The van der Waals surface area contributed by atoms with Crippen LogP contribution in [0.3, 0.4) is 0 Å². The van der Waals surface area contributed by atoms with Gasteiger partial charge in [-0.3, -0.25) is 9.89 Å². The molecule has 2 rings (SSSR count). The number of piperidine rings is 2. The predicted molar refractivity (Wildman–Crippen MR) is 117 cm³/mol. The molecule has 6 heteroatoms. The molecule has 2 aliphatic heterocycles. The number of methoxy groups -OCH3 is 1. The molecule has 0 aromatic heterocycles. The zero-order chi connectivity index (χ0) is 20.2. The molecule has 1 N–H and O–H groups in total. The highest BCUT2D eigenvalue weighted by Crippen LogP contribution is 2.19. The molecule has 0 saturated carbocycles. The van der Waals surface area contributed by atoms with Crippen LogP contribution in [0.4, 0.5) is 0 Å². The zero-order valence-corrected chi connectivity index (χ0v) is 18.8. The Morgan fingerprint density at radius 1 is 1.11 bits per heavy atom. The molecule has 0 aliphatic carbocycles. The van der Waals surface area contributed by atoms with Crippen LogP contribution in [0.25, 0.3) is 0 Å². The van der Waals surface area contributed by atoms with Crippen LogP contribution in [-0.4, -0.2) is 87.5 Å². The van der Waals surface area contributed by atoms with Gasteiger partial charge < -0.3 is 19.7 Å². The van der Waals surface area contributed by atoms with E-state index in [1.807, 2.05) is 0 Å². The van der Waals surface area contributed by atoms with Crippen molar-refractivity contribution < 1.29 is 9.47 Å². The minimum Gasteiger partial charge on any atom is -0.385 e. The van der Waals surface area contributed by atoms with Crippen molar-refractivity contribution in [3.05, 3.63) is 0 Å². The minimum absolute atomic E-state index is 0.385. The maximum Gasteiger partial charge on any atom is 0.193 e. The monoisotopic (exact) mass is 396 g/mol. The van der Waals surface area contributed by atoms with Gasteiger partial charge in [-0.05, 0) is 51.5 Å². The number of aliphatic imine (C=N–C) groups is 1. The smallest absolute Gasteiger partial charge is 0.193 e. The highest BCUT2D eigenvalue weighted by molar-refractivity contribution is 5.80. The molecular weight excluding hydrogens is 352 g/mol. The van der Waals surface area contributed by atoms with E-state index in [0.717, 1.165) is 70.5 Å². The molecule has 6 nitrogen and oxygen atoms in total.